The van der Waals surface area contributed by atoms with Crippen LogP contribution < -0.4 is 32.3 Å². The van der Waals surface area contributed by atoms with Gasteiger partial charge < -0.3 is 52.7 Å². The largest absolute Gasteiger partial charge is 0.508 e. The summed E-state index contributed by atoms with van der Waals surface area (Å²) in [6, 6.07) is 8.01. The number of amides is 5. The van der Waals surface area contributed by atoms with E-state index in [-0.39, 0.29) is 30.9 Å². The second-order valence-electron chi connectivity index (χ2n) is 12.5. The molecular weight excluding hydrogens is 652 g/mol. The molecule has 0 aliphatic carbocycles. The minimum Gasteiger partial charge on any atom is -0.508 e. The number of aromatic hydroxyl groups is 1. The quantitative estimate of drug-likeness (QED) is 0.0802. The van der Waals surface area contributed by atoms with Crippen molar-refractivity contribution in [2.45, 2.75) is 89.4 Å². The molecule has 274 valence electrons. The molecule has 0 aliphatic heterocycles. The Morgan fingerprint density at radius 2 is 1.20 bits per heavy atom. The molecule has 0 unspecified atom stereocenters. The molecule has 0 spiro atoms. The van der Waals surface area contributed by atoms with Crippen molar-refractivity contribution in [2.24, 2.45) is 11.7 Å². The fourth-order valence-electron chi connectivity index (χ4n) is 4.84. The fraction of sp³-hybridized carbons (Fsp3) is 0.471. The number of benzene rings is 2. The van der Waals surface area contributed by atoms with Gasteiger partial charge in [-0.3, -0.25) is 24.0 Å². The average Bonchev–Trinajstić information content (AvgIpc) is 3.04. The maximum absolute atomic E-state index is 13.5. The van der Waals surface area contributed by atoms with Crippen LogP contribution in [0.15, 0.2) is 54.6 Å². The summed E-state index contributed by atoms with van der Waals surface area (Å²) in [6.45, 7) is 5.38. The highest BCUT2D eigenvalue weighted by atomic mass is 16.4. The van der Waals surface area contributed by atoms with Crippen LogP contribution in [0.25, 0.3) is 0 Å². The van der Waals surface area contributed by atoms with Crippen LogP contribution in [-0.2, 0) is 41.6 Å². The Morgan fingerprint density at radius 1 is 0.660 bits per heavy atom. The summed E-state index contributed by atoms with van der Waals surface area (Å²) < 4.78 is 0. The molecule has 11 N–H and O–H groups in total. The Morgan fingerprint density at radius 3 is 1.74 bits per heavy atom. The van der Waals surface area contributed by atoms with Gasteiger partial charge in [0.25, 0.3) is 0 Å². The smallest absolute Gasteiger partial charge is 0.328 e. The molecule has 50 heavy (non-hydrogen) atoms. The minimum atomic E-state index is -1.62. The zero-order chi connectivity index (χ0) is 37.5. The third-order valence-electron chi connectivity index (χ3n) is 7.54. The van der Waals surface area contributed by atoms with Gasteiger partial charge in [0.15, 0.2) is 6.04 Å². The first-order chi connectivity index (χ1) is 23.5. The van der Waals surface area contributed by atoms with E-state index in [1.165, 1.54) is 26.0 Å². The van der Waals surface area contributed by atoms with Crippen molar-refractivity contribution in [1.82, 2.24) is 26.6 Å². The van der Waals surface area contributed by atoms with E-state index in [2.05, 4.69) is 26.6 Å². The topological polar surface area (TPSA) is 270 Å². The first kappa shape index (κ1) is 41.1. The van der Waals surface area contributed by atoms with Gasteiger partial charge in [-0.05, 0) is 55.9 Å². The van der Waals surface area contributed by atoms with E-state index in [9.17, 15) is 49.2 Å². The van der Waals surface area contributed by atoms with Crippen molar-refractivity contribution in [3.63, 3.8) is 0 Å². The lowest BCUT2D eigenvalue weighted by Gasteiger charge is -2.26. The molecule has 2 aromatic rings. The van der Waals surface area contributed by atoms with Gasteiger partial charge in [-0.25, -0.2) is 4.79 Å². The minimum absolute atomic E-state index is 0.0148. The molecule has 16 heteroatoms. The molecule has 0 saturated carbocycles. The van der Waals surface area contributed by atoms with Crippen LogP contribution in [-0.4, -0.2) is 105 Å². The highest BCUT2D eigenvalue weighted by molar-refractivity contribution is 5.95. The standard InChI is InChI=1S/C34H48N6O10/c1-18(2)14-25(32(47)40-29(20(4)42)34(49)50)38-31(46)26(16-21-8-6-5-7-9-21)37-27(44)17-36-33(48)28(19(3)41)39-30(45)24(35)15-22-10-12-23(43)13-11-22/h5-13,18-20,24-26,28-29,41-43H,14-17,35H2,1-4H3,(H,36,48)(H,37,44)(H,38,46)(H,39,45)(H,40,47)(H,49,50)/t19-,20+,24-,25-,26-,28+,29-/m0/s1. The number of phenols is 1. The average molecular weight is 701 g/mol. The monoisotopic (exact) mass is 700 g/mol. The number of carbonyl (C=O) groups excluding carboxylic acids is 5. The summed E-state index contributed by atoms with van der Waals surface area (Å²) in [4.78, 5) is 76.8. The van der Waals surface area contributed by atoms with Crippen LogP contribution >= 0.6 is 0 Å². The maximum atomic E-state index is 13.5. The normalized spacial score (nSPS) is 15.3. The van der Waals surface area contributed by atoms with Gasteiger partial charge in [-0.15, -0.1) is 0 Å². The first-order valence-electron chi connectivity index (χ1n) is 16.1. The fourth-order valence-corrected chi connectivity index (χ4v) is 4.84. The van der Waals surface area contributed by atoms with Crippen LogP contribution in [0.2, 0.25) is 0 Å². The molecule has 0 fully saturated rings. The van der Waals surface area contributed by atoms with Crippen molar-refractivity contribution < 1.29 is 49.2 Å². The molecule has 0 aromatic heterocycles. The molecule has 16 nitrogen and oxygen atoms in total. The van der Waals surface area contributed by atoms with E-state index in [0.29, 0.717) is 11.1 Å². The first-order valence-corrected chi connectivity index (χ1v) is 16.1. The third kappa shape index (κ3) is 13.8. The Balaban J connectivity index is 2.12. The summed E-state index contributed by atoms with van der Waals surface area (Å²) in [5, 5.41) is 50.9. The van der Waals surface area contributed by atoms with E-state index in [4.69, 9.17) is 5.73 Å². The number of carboxylic acid groups (broad SMARTS) is 1. The summed E-state index contributed by atoms with van der Waals surface area (Å²) in [6.07, 6.45) is -2.63. The number of carbonyl (C=O) groups is 6. The van der Waals surface area contributed by atoms with E-state index < -0.39 is 84.5 Å². The summed E-state index contributed by atoms with van der Waals surface area (Å²) in [7, 11) is 0. The van der Waals surface area contributed by atoms with Crippen LogP contribution in [0, 0.1) is 5.92 Å². The third-order valence-corrected chi connectivity index (χ3v) is 7.54. The van der Waals surface area contributed by atoms with Gasteiger partial charge >= 0.3 is 5.97 Å². The molecule has 0 heterocycles. The molecular formula is C34H48N6O10. The Bertz CT molecular complexity index is 1450. The van der Waals surface area contributed by atoms with E-state index in [1.807, 2.05) is 0 Å². The Kier molecular flexibility index (Phi) is 16.3. The van der Waals surface area contributed by atoms with Crippen molar-refractivity contribution in [2.75, 3.05) is 6.54 Å². The molecule has 0 saturated heterocycles. The SMILES string of the molecule is CC(C)C[C@H](NC(=O)[C@H](Cc1ccccc1)NC(=O)CNC(=O)[C@H](NC(=O)[C@@H](N)Cc1ccc(O)cc1)[C@H](C)O)C(=O)N[C@H](C(=O)O)[C@@H](C)O. The molecule has 2 rings (SSSR count). The van der Waals surface area contributed by atoms with Gasteiger partial charge in [0, 0.05) is 6.42 Å². The highest BCUT2D eigenvalue weighted by Gasteiger charge is 2.33. The van der Waals surface area contributed by atoms with Crippen LogP contribution in [0.1, 0.15) is 45.2 Å². The van der Waals surface area contributed by atoms with E-state index in [0.717, 1.165) is 0 Å². The number of nitrogens with one attached hydrogen (secondary N) is 5. The number of carboxylic acids is 1. The number of hydrogen-bond donors (Lipinski definition) is 10. The van der Waals surface area contributed by atoms with Gasteiger partial charge in [0.1, 0.15) is 23.9 Å². The van der Waals surface area contributed by atoms with Gasteiger partial charge in [-0.1, -0.05) is 56.3 Å². The predicted octanol–water partition coefficient (Wildman–Crippen LogP) is -1.55. The number of aliphatic hydroxyl groups excluding tert-OH is 2. The zero-order valence-electron chi connectivity index (χ0n) is 28.5. The van der Waals surface area contributed by atoms with Crippen molar-refractivity contribution in [1.29, 1.82) is 0 Å². The number of hydrogen-bond acceptors (Lipinski definition) is 10. The summed E-state index contributed by atoms with van der Waals surface area (Å²) in [5.41, 5.74) is 7.28. The number of nitrogens with two attached hydrogens (primary N) is 1. The van der Waals surface area contributed by atoms with Gasteiger partial charge in [0.05, 0.1) is 24.8 Å². The number of phenolic OH excluding ortho intramolecular Hbond substituents is 1. The molecule has 0 radical (unpaired) electrons. The van der Waals surface area contributed by atoms with E-state index in [1.54, 1.807) is 56.3 Å². The lowest BCUT2D eigenvalue weighted by Crippen LogP contribution is -2.59. The van der Waals surface area contributed by atoms with Crippen molar-refractivity contribution in [3.8, 4) is 5.75 Å². The second kappa shape index (κ2) is 19.8. The van der Waals surface area contributed by atoms with Gasteiger partial charge in [-0.2, -0.15) is 0 Å². The van der Waals surface area contributed by atoms with Crippen molar-refractivity contribution in [3.05, 3.63) is 65.7 Å². The second-order valence-corrected chi connectivity index (χ2v) is 12.5. The molecule has 0 bridgehead atoms. The highest BCUT2D eigenvalue weighted by Crippen LogP contribution is 2.12. The number of rotatable bonds is 19. The molecule has 2 aromatic carbocycles. The molecule has 0 aliphatic rings. The summed E-state index contributed by atoms with van der Waals surface area (Å²) >= 11 is 0. The molecule has 5 amide bonds. The van der Waals surface area contributed by atoms with E-state index >= 15 is 0 Å². The molecule has 7 atom stereocenters. The number of aliphatic carboxylic acids is 1. The van der Waals surface area contributed by atoms with Crippen LogP contribution in [0.5, 0.6) is 5.75 Å². The lowest BCUT2D eigenvalue weighted by molar-refractivity contribution is -0.145. The van der Waals surface area contributed by atoms with Crippen molar-refractivity contribution >= 4 is 35.5 Å². The van der Waals surface area contributed by atoms with Gasteiger partial charge in [0.2, 0.25) is 29.5 Å². The predicted molar refractivity (Wildman–Crippen MR) is 181 cm³/mol. The lowest BCUT2D eigenvalue weighted by atomic mass is 10.0. The Labute approximate surface area is 290 Å². The summed E-state index contributed by atoms with van der Waals surface area (Å²) in [5.74, 6) is -5.61. The zero-order valence-corrected chi connectivity index (χ0v) is 28.5. The maximum Gasteiger partial charge on any atom is 0.328 e. The Hall–Kier alpha value is -5.06. The number of aliphatic hydroxyl groups is 2. The van der Waals surface area contributed by atoms with Crippen LogP contribution in [0.3, 0.4) is 0 Å². The van der Waals surface area contributed by atoms with Crippen LogP contribution in [0.4, 0.5) is 0 Å².